The Morgan fingerprint density at radius 2 is 2.00 bits per heavy atom. The molecule has 92 valence electrons. The fourth-order valence-electron chi connectivity index (χ4n) is 2.39. The van der Waals surface area contributed by atoms with Crippen LogP contribution in [0.25, 0.3) is 0 Å². The number of esters is 1. The summed E-state index contributed by atoms with van der Waals surface area (Å²) in [5, 5.41) is 3.51. The molecular formula is C14H19NO2. The predicted molar refractivity (Wildman–Crippen MR) is 66.6 cm³/mol. The normalized spacial score (nSPS) is 28.7. The molecule has 2 rings (SSSR count). The number of ether oxygens (including phenoxy) is 1. The van der Waals surface area contributed by atoms with E-state index in [-0.39, 0.29) is 18.1 Å². The maximum Gasteiger partial charge on any atom is 0.302 e. The number of piperidine rings is 1. The summed E-state index contributed by atoms with van der Waals surface area (Å²) in [6, 6.07) is 10.8. The molecule has 0 unspecified atom stereocenters. The molecule has 1 aromatic rings. The van der Waals surface area contributed by atoms with E-state index < -0.39 is 0 Å². The van der Waals surface area contributed by atoms with Crippen molar-refractivity contribution in [3.63, 3.8) is 0 Å². The van der Waals surface area contributed by atoms with Crippen LogP contribution in [0.2, 0.25) is 0 Å². The number of carbonyl (C=O) groups excluding carboxylic acids is 1. The van der Waals surface area contributed by atoms with Crippen LogP contribution in [-0.2, 0) is 9.53 Å². The molecule has 0 saturated carbocycles. The number of hydrogen-bond donors (Lipinski definition) is 1. The van der Waals surface area contributed by atoms with Gasteiger partial charge in [-0.2, -0.15) is 0 Å². The van der Waals surface area contributed by atoms with Crippen LogP contribution in [0.15, 0.2) is 30.3 Å². The lowest BCUT2D eigenvalue weighted by Gasteiger charge is -2.35. The molecule has 0 aliphatic carbocycles. The minimum atomic E-state index is -0.202. The van der Waals surface area contributed by atoms with Gasteiger partial charge in [0.25, 0.3) is 0 Å². The van der Waals surface area contributed by atoms with Gasteiger partial charge in [0.15, 0.2) is 0 Å². The quantitative estimate of drug-likeness (QED) is 0.797. The standard InChI is InChI=1S/C14H19NO2/c1-10-8-9-13(17-11(2)16)14(15-10)12-6-4-3-5-7-12/h3-7,10,13-15H,8-9H2,1-2H3/t10-,13-,14+/m0/s1. The topological polar surface area (TPSA) is 38.3 Å². The van der Waals surface area contributed by atoms with E-state index in [9.17, 15) is 4.79 Å². The van der Waals surface area contributed by atoms with Crippen LogP contribution in [0, 0.1) is 0 Å². The van der Waals surface area contributed by atoms with Crippen LogP contribution in [0.3, 0.4) is 0 Å². The van der Waals surface area contributed by atoms with Gasteiger partial charge < -0.3 is 10.1 Å². The third-order valence-corrected chi connectivity index (χ3v) is 3.20. The molecule has 0 aromatic heterocycles. The predicted octanol–water partition coefficient (Wildman–Crippen LogP) is 2.43. The summed E-state index contributed by atoms with van der Waals surface area (Å²) in [4.78, 5) is 11.1. The van der Waals surface area contributed by atoms with Gasteiger partial charge in [-0.15, -0.1) is 0 Å². The first-order valence-electron chi connectivity index (χ1n) is 6.15. The highest BCUT2D eigenvalue weighted by Gasteiger charge is 2.31. The highest BCUT2D eigenvalue weighted by molar-refractivity contribution is 5.66. The van der Waals surface area contributed by atoms with Crippen LogP contribution in [-0.4, -0.2) is 18.1 Å². The van der Waals surface area contributed by atoms with E-state index in [1.807, 2.05) is 18.2 Å². The molecule has 1 aromatic carbocycles. The molecule has 0 amide bonds. The Morgan fingerprint density at radius 1 is 1.29 bits per heavy atom. The van der Waals surface area contributed by atoms with Gasteiger partial charge >= 0.3 is 5.97 Å². The molecule has 0 radical (unpaired) electrons. The van der Waals surface area contributed by atoms with Gasteiger partial charge in [-0.25, -0.2) is 0 Å². The van der Waals surface area contributed by atoms with Crippen LogP contribution in [0.4, 0.5) is 0 Å². The van der Waals surface area contributed by atoms with Crippen molar-refractivity contribution in [1.29, 1.82) is 0 Å². The highest BCUT2D eigenvalue weighted by Crippen LogP contribution is 2.28. The Bertz CT molecular complexity index is 377. The van der Waals surface area contributed by atoms with Crippen molar-refractivity contribution in [3.8, 4) is 0 Å². The number of nitrogens with one attached hydrogen (secondary N) is 1. The van der Waals surface area contributed by atoms with E-state index in [1.54, 1.807) is 0 Å². The van der Waals surface area contributed by atoms with Crippen LogP contribution < -0.4 is 5.32 Å². The van der Waals surface area contributed by atoms with Gasteiger partial charge in [0.05, 0.1) is 6.04 Å². The lowest BCUT2D eigenvalue weighted by atomic mass is 9.91. The fourth-order valence-corrected chi connectivity index (χ4v) is 2.39. The van der Waals surface area contributed by atoms with Crippen LogP contribution in [0.5, 0.6) is 0 Å². The molecule has 3 nitrogen and oxygen atoms in total. The zero-order valence-corrected chi connectivity index (χ0v) is 10.3. The van der Waals surface area contributed by atoms with Crippen molar-refractivity contribution < 1.29 is 9.53 Å². The molecule has 3 heteroatoms. The summed E-state index contributed by atoms with van der Waals surface area (Å²) in [6.07, 6.45) is 1.92. The largest absolute Gasteiger partial charge is 0.461 e. The minimum Gasteiger partial charge on any atom is -0.461 e. The van der Waals surface area contributed by atoms with Crippen LogP contribution >= 0.6 is 0 Å². The molecule has 1 N–H and O–H groups in total. The van der Waals surface area contributed by atoms with Crippen molar-refractivity contribution in [2.75, 3.05) is 0 Å². The summed E-state index contributed by atoms with van der Waals surface area (Å²) < 4.78 is 5.41. The summed E-state index contributed by atoms with van der Waals surface area (Å²) in [5.41, 5.74) is 1.19. The van der Waals surface area contributed by atoms with Gasteiger partial charge in [-0.05, 0) is 25.3 Å². The highest BCUT2D eigenvalue weighted by atomic mass is 16.5. The van der Waals surface area contributed by atoms with E-state index in [1.165, 1.54) is 12.5 Å². The Kier molecular flexibility index (Phi) is 3.79. The number of benzene rings is 1. The van der Waals surface area contributed by atoms with Crippen molar-refractivity contribution in [2.24, 2.45) is 0 Å². The summed E-state index contributed by atoms with van der Waals surface area (Å²) in [7, 11) is 0. The maximum atomic E-state index is 11.1. The molecule has 1 heterocycles. The number of rotatable bonds is 2. The summed E-state index contributed by atoms with van der Waals surface area (Å²) >= 11 is 0. The average molecular weight is 233 g/mol. The molecule has 1 fully saturated rings. The van der Waals surface area contributed by atoms with Gasteiger partial charge in [0.1, 0.15) is 6.10 Å². The SMILES string of the molecule is CC(=O)O[C@H]1CC[C@H](C)N[C@@H]1c1ccccc1. The van der Waals surface area contributed by atoms with E-state index in [4.69, 9.17) is 4.74 Å². The molecule has 17 heavy (non-hydrogen) atoms. The third kappa shape index (κ3) is 3.07. The Hall–Kier alpha value is -1.35. The lowest BCUT2D eigenvalue weighted by molar-refractivity contribution is -0.149. The van der Waals surface area contributed by atoms with Crippen molar-refractivity contribution >= 4 is 5.97 Å². The minimum absolute atomic E-state index is 0.0499. The first-order valence-corrected chi connectivity index (χ1v) is 6.15. The number of hydrogen-bond acceptors (Lipinski definition) is 3. The van der Waals surface area contributed by atoms with Crippen molar-refractivity contribution in [1.82, 2.24) is 5.32 Å². The smallest absolute Gasteiger partial charge is 0.302 e. The maximum absolute atomic E-state index is 11.1. The van der Waals surface area contributed by atoms with Gasteiger partial charge in [0.2, 0.25) is 0 Å². The molecule has 1 aliphatic heterocycles. The lowest BCUT2D eigenvalue weighted by Crippen LogP contribution is -2.44. The Labute approximate surface area is 102 Å². The first kappa shape index (κ1) is 12.1. The second-order valence-electron chi connectivity index (χ2n) is 4.68. The van der Waals surface area contributed by atoms with E-state index in [0.29, 0.717) is 6.04 Å². The molecule has 0 spiro atoms. The molecule has 1 aliphatic rings. The van der Waals surface area contributed by atoms with E-state index >= 15 is 0 Å². The zero-order valence-electron chi connectivity index (χ0n) is 10.3. The monoisotopic (exact) mass is 233 g/mol. The van der Waals surface area contributed by atoms with Crippen LogP contribution in [0.1, 0.15) is 38.3 Å². The Morgan fingerprint density at radius 3 is 2.65 bits per heavy atom. The second-order valence-corrected chi connectivity index (χ2v) is 4.68. The van der Waals surface area contributed by atoms with E-state index in [0.717, 1.165) is 12.8 Å². The first-order chi connectivity index (χ1) is 8.16. The van der Waals surface area contributed by atoms with Gasteiger partial charge in [-0.1, -0.05) is 30.3 Å². The average Bonchev–Trinajstić information content (AvgIpc) is 2.32. The second kappa shape index (κ2) is 5.32. The van der Waals surface area contributed by atoms with Gasteiger partial charge in [-0.3, -0.25) is 4.79 Å². The molecule has 1 saturated heterocycles. The fraction of sp³-hybridized carbons (Fsp3) is 0.500. The van der Waals surface area contributed by atoms with Crippen molar-refractivity contribution in [2.45, 2.75) is 44.9 Å². The summed E-state index contributed by atoms with van der Waals surface area (Å²) in [5.74, 6) is -0.202. The number of carbonyl (C=O) groups is 1. The molecular weight excluding hydrogens is 214 g/mol. The van der Waals surface area contributed by atoms with E-state index in [2.05, 4.69) is 24.4 Å². The van der Waals surface area contributed by atoms with Crippen molar-refractivity contribution in [3.05, 3.63) is 35.9 Å². The Balaban J connectivity index is 2.17. The molecule has 3 atom stereocenters. The summed E-state index contributed by atoms with van der Waals surface area (Å²) in [6.45, 7) is 3.64. The zero-order chi connectivity index (χ0) is 12.3. The molecule has 0 bridgehead atoms. The third-order valence-electron chi connectivity index (χ3n) is 3.20. The van der Waals surface area contributed by atoms with Gasteiger partial charge in [0, 0.05) is 13.0 Å².